The van der Waals surface area contributed by atoms with E-state index < -0.39 is 40.0 Å². The molecule has 9 atom stereocenters. The number of carbonyl (C=O) groups excluding carboxylic acids is 1. The fourth-order valence-corrected chi connectivity index (χ4v) is 7.79. The smallest absolute Gasteiger partial charge is 0.146 e. The molecule has 3 aliphatic carbocycles. The van der Waals surface area contributed by atoms with Crippen LogP contribution in [0.5, 0.6) is 0 Å². The summed E-state index contributed by atoms with van der Waals surface area (Å²) in [6.45, 7) is 14.0. The van der Waals surface area contributed by atoms with Crippen molar-refractivity contribution >= 4 is 5.78 Å². The van der Waals surface area contributed by atoms with Gasteiger partial charge in [-0.25, -0.2) is 0 Å². The molecule has 2 saturated carbocycles. The van der Waals surface area contributed by atoms with Gasteiger partial charge in [-0.3, -0.25) is 4.79 Å². The number of hydrogen-bond acceptors (Lipinski definition) is 5. The molecule has 3 N–H and O–H groups in total. The van der Waals surface area contributed by atoms with Crippen molar-refractivity contribution in [3.05, 3.63) is 11.1 Å². The molecule has 4 rings (SSSR count). The third-order valence-electron chi connectivity index (χ3n) is 9.64. The Labute approximate surface area is 210 Å². The topological polar surface area (TPSA) is 87.0 Å². The van der Waals surface area contributed by atoms with Crippen LogP contribution in [0.1, 0.15) is 61.3 Å². The van der Waals surface area contributed by atoms with Gasteiger partial charge in [0.05, 0.1) is 24.4 Å². The summed E-state index contributed by atoms with van der Waals surface area (Å²) >= 11 is 0. The Morgan fingerprint density at radius 2 is 1.69 bits per heavy atom. The fraction of sp³-hybridized carbons (Fsp3) is 0.870. The largest absolute Gasteiger partial charge is 0.389 e. The zero-order valence-corrected chi connectivity index (χ0v) is 23.6. The van der Waals surface area contributed by atoms with E-state index >= 15 is 0 Å². The molecule has 1 saturated heterocycles. The van der Waals surface area contributed by atoms with Crippen molar-refractivity contribution in [2.45, 2.75) is 84.7 Å². The summed E-state index contributed by atoms with van der Waals surface area (Å²) in [6, 6.07) is 0. The number of hydrogen-bond donors (Lipinski definition) is 3. The van der Waals surface area contributed by atoms with Gasteiger partial charge in [0, 0.05) is 73.1 Å². The van der Waals surface area contributed by atoms with Crippen LogP contribution in [-0.2, 0) is 9.53 Å². The Balaban J connectivity index is 0.00000240. The molecule has 161 valence electrons. The van der Waals surface area contributed by atoms with Crippen LogP contribution in [-0.4, -0.2) is 51.1 Å². The molecule has 4 aliphatic rings. The second-order valence-corrected chi connectivity index (χ2v) is 10.9. The molecule has 9 unspecified atom stereocenters. The van der Waals surface area contributed by atoms with E-state index in [-0.39, 0.29) is 80.8 Å². The summed E-state index contributed by atoms with van der Waals surface area (Å²) in [5.74, 6) is -1.05. The molecule has 5 nitrogen and oxygen atoms in total. The quantitative estimate of drug-likeness (QED) is 0.363. The summed E-state index contributed by atoms with van der Waals surface area (Å²) in [7, 11) is 0. The number of aliphatic hydroxyl groups excluding tert-OH is 1. The number of Topliss-reactive ketones (excluding diaryl/α,β-unsaturated/α-hetero) is 1. The predicted molar refractivity (Wildman–Crippen MR) is 105 cm³/mol. The van der Waals surface area contributed by atoms with Crippen molar-refractivity contribution < 1.29 is 68.9 Å². The van der Waals surface area contributed by atoms with Crippen molar-refractivity contribution in [3.63, 3.8) is 0 Å². The van der Waals surface area contributed by atoms with Crippen LogP contribution >= 0.6 is 0 Å². The Morgan fingerprint density at radius 3 is 2.21 bits per heavy atom. The Hall–Kier alpha value is 0.692. The zero-order valence-electron chi connectivity index (χ0n) is 18.8. The molecule has 0 amide bonds. The molecular formula is C23H36AcO5. The molecule has 2 bridgehead atoms. The molecule has 6 heteroatoms. The van der Waals surface area contributed by atoms with Crippen LogP contribution in [0.2, 0.25) is 0 Å². The van der Waals surface area contributed by atoms with E-state index in [1.807, 2.05) is 41.5 Å². The van der Waals surface area contributed by atoms with Gasteiger partial charge in [0.1, 0.15) is 11.4 Å². The van der Waals surface area contributed by atoms with E-state index in [0.29, 0.717) is 6.42 Å². The van der Waals surface area contributed by atoms with Crippen LogP contribution < -0.4 is 0 Å². The molecule has 1 heterocycles. The number of rotatable bonds is 0. The summed E-state index contributed by atoms with van der Waals surface area (Å²) < 4.78 is 5.71. The number of ketones is 1. The van der Waals surface area contributed by atoms with E-state index in [1.54, 1.807) is 0 Å². The van der Waals surface area contributed by atoms with E-state index in [4.69, 9.17) is 4.74 Å². The minimum absolute atomic E-state index is 0. The van der Waals surface area contributed by atoms with Crippen LogP contribution in [0.15, 0.2) is 11.1 Å². The summed E-state index contributed by atoms with van der Waals surface area (Å²) in [4.78, 5) is 14.0. The van der Waals surface area contributed by atoms with Gasteiger partial charge in [0.25, 0.3) is 0 Å². The molecular weight excluding hydrogens is 583 g/mol. The first-order valence-electron chi connectivity index (χ1n) is 10.7. The van der Waals surface area contributed by atoms with Crippen LogP contribution in [0, 0.1) is 78.6 Å². The summed E-state index contributed by atoms with van der Waals surface area (Å²) in [5, 5.41) is 34.6. The molecule has 0 aromatic rings. The number of fused-ring (bicyclic) bond motifs is 5. The maximum Gasteiger partial charge on any atom is 0.146 e. The third-order valence-corrected chi connectivity index (χ3v) is 9.64. The Kier molecular flexibility index (Phi) is 5.95. The maximum absolute atomic E-state index is 14.0. The van der Waals surface area contributed by atoms with Gasteiger partial charge in [0.15, 0.2) is 0 Å². The van der Waals surface area contributed by atoms with Gasteiger partial charge in [-0.1, -0.05) is 41.5 Å². The summed E-state index contributed by atoms with van der Waals surface area (Å²) in [6.07, 6.45) is -0.196. The standard InChI is InChI=1S/C23H36O5.Ac/c1-11-8-16-22(26,10-28-16)18-14(4)23(27)9-15(24)12(2)17(20(23,5)6)13(3)19(25)21(11,18)7;/h11,13-16,18,24,26-27H,8-10H2,1-7H3;. The van der Waals surface area contributed by atoms with Crippen LogP contribution in [0.25, 0.3) is 0 Å². The van der Waals surface area contributed by atoms with E-state index in [0.717, 1.165) is 11.1 Å². The predicted octanol–water partition coefficient (Wildman–Crippen LogP) is 2.47. The Bertz CT molecular complexity index is 762. The first kappa shape index (κ1) is 24.3. The van der Waals surface area contributed by atoms with E-state index in [1.165, 1.54) is 0 Å². The van der Waals surface area contributed by atoms with E-state index in [2.05, 4.69) is 6.92 Å². The average Bonchev–Trinajstić information content (AvgIpc) is 2.60. The molecule has 29 heavy (non-hydrogen) atoms. The number of aliphatic hydroxyl groups is 3. The van der Waals surface area contributed by atoms with Crippen LogP contribution in [0.4, 0.5) is 0 Å². The molecule has 3 fully saturated rings. The van der Waals surface area contributed by atoms with Crippen molar-refractivity contribution in [1.82, 2.24) is 0 Å². The van der Waals surface area contributed by atoms with Gasteiger partial charge in [-0.05, 0) is 36.3 Å². The Morgan fingerprint density at radius 1 is 1.10 bits per heavy atom. The molecule has 1 aliphatic heterocycles. The minimum Gasteiger partial charge on any atom is -0.389 e. The monoisotopic (exact) mass is 619 g/mol. The number of carbonyl (C=O) groups is 1. The second kappa shape index (κ2) is 7.09. The second-order valence-electron chi connectivity index (χ2n) is 10.9. The first-order valence-corrected chi connectivity index (χ1v) is 10.7. The van der Waals surface area contributed by atoms with Crippen molar-refractivity contribution in [2.75, 3.05) is 6.61 Å². The van der Waals surface area contributed by atoms with Crippen molar-refractivity contribution in [1.29, 1.82) is 0 Å². The van der Waals surface area contributed by atoms with Gasteiger partial charge >= 0.3 is 0 Å². The molecule has 0 aromatic heterocycles. The summed E-state index contributed by atoms with van der Waals surface area (Å²) in [5.41, 5.74) is -2.08. The average molecular weight is 620 g/mol. The molecule has 0 spiro atoms. The molecule has 0 aromatic carbocycles. The van der Waals surface area contributed by atoms with Crippen LogP contribution in [0.3, 0.4) is 0 Å². The van der Waals surface area contributed by atoms with Crippen molar-refractivity contribution in [2.24, 2.45) is 34.5 Å². The fourth-order valence-electron chi connectivity index (χ4n) is 7.79. The first-order chi connectivity index (χ1) is 12.7. The van der Waals surface area contributed by atoms with Gasteiger partial charge in [0.2, 0.25) is 0 Å². The van der Waals surface area contributed by atoms with Gasteiger partial charge in [-0.15, -0.1) is 0 Å². The maximum atomic E-state index is 14.0. The van der Waals surface area contributed by atoms with E-state index in [9.17, 15) is 20.1 Å². The third kappa shape index (κ3) is 2.72. The SMILES string of the molecule is CC1=C2C(C)C(=O)C3(C)C(C)CC4OCC4(O)C3C(C)C(O)(CC1O)C2(C)C.[Ac]. The van der Waals surface area contributed by atoms with Gasteiger partial charge in [-0.2, -0.15) is 0 Å². The molecule has 1 radical (unpaired) electrons. The van der Waals surface area contributed by atoms with Crippen molar-refractivity contribution in [3.8, 4) is 0 Å². The normalized spacial score (nSPS) is 53.7. The minimum atomic E-state index is -1.23. The number of ether oxygens (including phenoxy) is 1. The van der Waals surface area contributed by atoms with Gasteiger partial charge < -0.3 is 20.1 Å². The zero-order chi connectivity index (χ0) is 21.0.